The van der Waals surface area contributed by atoms with Gasteiger partial charge in [0.1, 0.15) is 12.4 Å². The highest BCUT2D eigenvalue weighted by molar-refractivity contribution is 7.10. The molecule has 7 heteroatoms. The maximum atomic E-state index is 13.3. The summed E-state index contributed by atoms with van der Waals surface area (Å²) in [5, 5.41) is 11.9. The number of carbonyl (C=O) groups is 1. The van der Waals surface area contributed by atoms with E-state index >= 15 is 0 Å². The molecule has 0 aliphatic carbocycles. The van der Waals surface area contributed by atoms with Crippen LogP contribution in [0.4, 0.5) is 0 Å². The molecule has 1 amide bonds. The maximum absolute atomic E-state index is 13.3. The van der Waals surface area contributed by atoms with Crippen LogP contribution in [0.3, 0.4) is 0 Å². The van der Waals surface area contributed by atoms with Crippen molar-refractivity contribution in [3.63, 3.8) is 0 Å². The van der Waals surface area contributed by atoms with Crippen molar-refractivity contribution >= 4 is 17.2 Å². The average molecular weight is 447 g/mol. The summed E-state index contributed by atoms with van der Waals surface area (Å²) in [5.74, 6) is 0.916. The van der Waals surface area contributed by atoms with Gasteiger partial charge in [-0.3, -0.25) is 9.69 Å². The van der Waals surface area contributed by atoms with Crippen LogP contribution in [0.2, 0.25) is 0 Å². The molecule has 0 radical (unpaired) electrons. The van der Waals surface area contributed by atoms with Crippen LogP contribution in [0.5, 0.6) is 5.75 Å². The van der Waals surface area contributed by atoms with Crippen LogP contribution in [0.1, 0.15) is 34.5 Å². The van der Waals surface area contributed by atoms with Crippen LogP contribution >= 0.6 is 11.3 Å². The first-order chi connectivity index (χ1) is 14.9. The number of amides is 1. The number of methoxy groups -OCH3 is 1. The van der Waals surface area contributed by atoms with Crippen LogP contribution < -0.4 is 4.74 Å². The second-order valence-electron chi connectivity index (χ2n) is 8.31. The zero-order valence-corrected chi connectivity index (χ0v) is 19.8. The van der Waals surface area contributed by atoms with E-state index in [1.165, 1.54) is 16.0 Å². The number of rotatable bonds is 10. The van der Waals surface area contributed by atoms with Crippen molar-refractivity contribution in [2.24, 2.45) is 0 Å². The summed E-state index contributed by atoms with van der Waals surface area (Å²) in [6.45, 7) is 8.79. The molecule has 0 saturated carbocycles. The fourth-order valence-electron chi connectivity index (χ4n) is 4.12. The first-order valence-corrected chi connectivity index (χ1v) is 11.7. The molecule has 1 N–H and O–H groups in total. The number of hydrogen-bond acceptors (Lipinski definition) is 6. The van der Waals surface area contributed by atoms with Crippen LogP contribution in [-0.4, -0.2) is 73.4 Å². The summed E-state index contributed by atoms with van der Waals surface area (Å²) in [7, 11) is 1.64. The van der Waals surface area contributed by atoms with E-state index in [9.17, 15) is 9.90 Å². The minimum absolute atomic E-state index is 0.0582. The quantitative estimate of drug-likeness (QED) is 0.607. The smallest absolute Gasteiger partial charge is 0.237 e. The van der Waals surface area contributed by atoms with Gasteiger partial charge in [0.15, 0.2) is 0 Å². The topological polar surface area (TPSA) is 62.2 Å². The Labute approximate surface area is 189 Å². The summed E-state index contributed by atoms with van der Waals surface area (Å²) in [6.07, 6.45) is 0.367. The Morgan fingerprint density at radius 3 is 2.87 bits per heavy atom. The summed E-state index contributed by atoms with van der Waals surface area (Å²) in [6, 6.07) is 8.17. The van der Waals surface area contributed by atoms with Crippen molar-refractivity contribution in [1.82, 2.24) is 9.80 Å². The third-order valence-corrected chi connectivity index (χ3v) is 6.63. The Hall–Kier alpha value is -1.93. The molecule has 0 bridgehead atoms. The van der Waals surface area contributed by atoms with E-state index in [2.05, 4.69) is 24.4 Å². The molecular formula is C24H34N2O4S. The summed E-state index contributed by atoms with van der Waals surface area (Å²) in [5.41, 5.74) is 3.49. The summed E-state index contributed by atoms with van der Waals surface area (Å²) >= 11 is 1.75. The fourth-order valence-corrected chi connectivity index (χ4v) is 5.04. The molecular weight excluding hydrogens is 412 g/mol. The first kappa shape index (κ1) is 23.7. The van der Waals surface area contributed by atoms with Crippen LogP contribution in [-0.2, 0) is 16.0 Å². The van der Waals surface area contributed by atoms with Crippen molar-refractivity contribution in [1.29, 1.82) is 0 Å². The number of benzene rings is 1. The van der Waals surface area contributed by atoms with E-state index in [1.54, 1.807) is 25.4 Å². The number of ether oxygens (including phenoxy) is 2. The normalized spacial score (nSPS) is 17.0. The third kappa shape index (κ3) is 6.29. The number of carbonyl (C=O) groups excluding carboxylic acids is 1. The van der Waals surface area contributed by atoms with Gasteiger partial charge in [0, 0.05) is 31.6 Å². The predicted octanol–water partition coefficient (Wildman–Crippen LogP) is 3.20. The van der Waals surface area contributed by atoms with Gasteiger partial charge in [0.2, 0.25) is 5.91 Å². The zero-order chi connectivity index (χ0) is 22.4. The molecule has 3 rings (SSSR count). The molecule has 0 saturated heterocycles. The molecule has 1 aromatic heterocycles. The lowest BCUT2D eigenvalue weighted by atomic mass is 10.00. The van der Waals surface area contributed by atoms with Gasteiger partial charge >= 0.3 is 0 Å². The Morgan fingerprint density at radius 1 is 1.35 bits per heavy atom. The standard InChI is InChI=1S/C24H34N2O4S/c1-17-5-6-22(18(2)13-17)30-16-21-20-8-12-31-23(20)7-9-26(21)24(28)15-25(10-11-29-4)14-19(3)27/h5-6,8,12-13,19,21,27H,7,9-11,14-16H2,1-4H3/t19-,21-/m0/s1. The second-order valence-corrected chi connectivity index (χ2v) is 9.31. The van der Waals surface area contributed by atoms with Gasteiger partial charge in [0.05, 0.1) is 25.3 Å². The first-order valence-electron chi connectivity index (χ1n) is 10.8. The predicted molar refractivity (Wildman–Crippen MR) is 124 cm³/mol. The van der Waals surface area contributed by atoms with Crippen LogP contribution in [0.15, 0.2) is 29.6 Å². The number of thiophene rings is 1. The number of fused-ring (bicyclic) bond motifs is 1. The molecule has 31 heavy (non-hydrogen) atoms. The van der Waals surface area contributed by atoms with Gasteiger partial charge in [-0.05, 0) is 55.8 Å². The Morgan fingerprint density at radius 2 is 2.16 bits per heavy atom. The largest absolute Gasteiger partial charge is 0.491 e. The Bertz CT molecular complexity index is 867. The minimum Gasteiger partial charge on any atom is -0.491 e. The molecule has 170 valence electrons. The summed E-state index contributed by atoms with van der Waals surface area (Å²) in [4.78, 5) is 18.6. The number of aliphatic hydroxyl groups is 1. The van der Waals surface area contributed by atoms with Gasteiger partial charge in [-0.15, -0.1) is 11.3 Å². The number of aliphatic hydroxyl groups excluding tert-OH is 1. The molecule has 2 heterocycles. The van der Waals surface area contributed by atoms with Gasteiger partial charge in [-0.1, -0.05) is 17.7 Å². The Balaban J connectivity index is 1.74. The molecule has 6 nitrogen and oxygen atoms in total. The van der Waals surface area contributed by atoms with Gasteiger partial charge in [-0.25, -0.2) is 0 Å². The summed E-state index contributed by atoms with van der Waals surface area (Å²) < 4.78 is 11.4. The lowest BCUT2D eigenvalue weighted by Gasteiger charge is -2.37. The van der Waals surface area contributed by atoms with E-state index in [0.717, 1.165) is 17.7 Å². The Kier molecular flexibility index (Phi) is 8.49. The lowest BCUT2D eigenvalue weighted by Crippen LogP contribution is -2.48. The fraction of sp³-hybridized carbons (Fsp3) is 0.542. The molecule has 0 unspecified atom stereocenters. The number of hydrogen-bond donors (Lipinski definition) is 1. The van der Waals surface area contributed by atoms with Crippen LogP contribution in [0.25, 0.3) is 0 Å². The second kappa shape index (κ2) is 11.1. The van der Waals surface area contributed by atoms with E-state index in [-0.39, 0.29) is 18.5 Å². The van der Waals surface area contributed by atoms with E-state index < -0.39 is 6.10 Å². The highest BCUT2D eigenvalue weighted by Crippen LogP contribution is 2.34. The number of aryl methyl sites for hydroxylation is 2. The monoisotopic (exact) mass is 446 g/mol. The zero-order valence-electron chi connectivity index (χ0n) is 19.0. The highest BCUT2D eigenvalue weighted by Gasteiger charge is 2.33. The molecule has 1 aliphatic heterocycles. The highest BCUT2D eigenvalue weighted by atomic mass is 32.1. The molecule has 2 aromatic rings. The third-order valence-electron chi connectivity index (χ3n) is 5.64. The lowest BCUT2D eigenvalue weighted by molar-refractivity contribution is -0.136. The minimum atomic E-state index is -0.502. The van der Waals surface area contributed by atoms with E-state index in [4.69, 9.17) is 9.47 Å². The van der Waals surface area contributed by atoms with Gasteiger partial charge < -0.3 is 19.5 Å². The SMILES string of the molecule is COCCN(CC(=O)N1CCc2sccc2[C@@H]1COc1ccc(C)cc1C)C[C@H](C)O. The molecule has 1 aromatic carbocycles. The average Bonchev–Trinajstić information content (AvgIpc) is 3.19. The molecule has 0 fully saturated rings. The van der Waals surface area contributed by atoms with Crippen molar-refractivity contribution in [3.8, 4) is 5.75 Å². The van der Waals surface area contributed by atoms with E-state index in [0.29, 0.717) is 32.8 Å². The van der Waals surface area contributed by atoms with E-state index in [1.807, 2.05) is 28.9 Å². The maximum Gasteiger partial charge on any atom is 0.237 e. The molecule has 1 aliphatic rings. The van der Waals surface area contributed by atoms with Crippen LogP contribution in [0, 0.1) is 13.8 Å². The number of nitrogens with zero attached hydrogens (tertiary/aromatic N) is 2. The van der Waals surface area contributed by atoms with Crippen molar-refractivity contribution < 1.29 is 19.4 Å². The van der Waals surface area contributed by atoms with Crippen molar-refractivity contribution in [2.75, 3.05) is 46.5 Å². The van der Waals surface area contributed by atoms with Gasteiger partial charge in [0.25, 0.3) is 0 Å². The van der Waals surface area contributed by atoms with Crippen molar-refractivity contribution in [2.45, 2.75) is 39.3 Å². The van der Waals surface area contributed by atoms with Crippen molar-refractivity contribution in [3.05, 3.63) is 51.2 Å². The van der Waals surface area contributed by atoms with Gasteiger partial charge in [-0.2, -0.15) is 0 Å². The molecule has 0 spiro atoms. The molecule has 2 atom stereocenters.